The van der Waals surface area contributed by atoms with E-state index in [1.165, 1.54) is 22.3 Å². The highest BCUT2D eigenvalue weighted by molar-refractivity contribution is 7.08. The van der Waals surface area contributed by atoms with E-state index in [0.717, 1.165) is 17.8 Å². The average molecular weight is 366 g/mol. The van der Waals surface area contributed by atoms with Gasteiger partial charge in [-0.05, 0) is 43.0 Å². The second-order valence-electron chi connectivity index (χ2n) is 5.99. The van der Waals surface area contributed by atoms with Gasteiger partial charge in [0.1, 0.15) is 5.69 Å². The zero-order valence-electron chi connectivity index (χ0n) is 14.5. The Bertz CT molecular complexity index is 1060. The van der Waals surface area contributed by atoms with E-state index in [2.05, 4.69) is 52.1 Å². The predicted octanol–water partition coefficient (Wildman–Crippen LogP) is 4.01. The Morgan fingerprint density at radius 2 is 2.23 bits per heavy atom. The van der Waals surface area contributed by atoms with Crippen LogP contribution in [0, 0.1) is 6.92 Å². The molecule has 132 valence electrons. The van der Waals surface area contributed by atoms with E-state index in [9.17, 15) is 4.79 Å². The maximum atomic E-state index is 12.0. The molecule has 1 N–H and O–H groups in total. The summed E-state index contributed by atoms with van der Waals surface area (Å²) in [6.07, 6.45) is 0. The molecule has 6 nitrogen and oxygen atoms in total. The van der Waals surface area contributed by atoms with E-state index in [1.807, 2.05) is 11.4 Å². The number of rotatable bonds is 5. The van der Waals surface area contributed by atoms with Gasteiger partial charge in [-0.15, -0.1) is 0 Å². The zero-order valence-corrected chi connectivity index (χ0v) is 15.3. The second kappa shape index (κ2) is 6.76. The normalized spacial score (nSPS) is 11.2. The molecule has 0 aliphatic rings. The summed E-state index contributed by atoms with van der Waals surface area (Å²) in [4.78, 5) is 16.5. The van der Waals surface area contributed by atoms with Crippen molar-refractivity contribution < 1.29 is 9.32 Å². The van der Waals surface area contributed by atoms with Crippen molar-refractivity contribution in [2.45, 2.75) is 26.9 Å². The van der Waals surface area contributed by atoms with E-state index >= 15 is 0 Å². The number of aryl methyl sites for hydroxylation is 2. The van der Waals surface area contributed by atoms with Crippen molar-refractivity contribution in [3.63, 3.8) is 0 Å². The quantitative estimate of drug-likeness (QED) is 0.579. The summed E-state index contributed by atoms with van der Waals surface area (Å²) in [5.41, 5.74) is 3.88. The molecule has 0 saturated heterocycles. The van der Waals surface area contributed by atoms with Gasteiger partial charge >= 0.3 is 0 Å². The van der Waals surface area contributed by atoms with Crippen molar-refractivity contribution in [2.75, 3.05) is 0 Å². The number of nitrogens with one attached hydrogen (secondary N) is 1. The van der Waals surface area contributed by atoms with Crippen LogP contribution < -0.4 is 5.32 Å². The number of thiophene rings is 1. The molecule has 0 spiro atoms. The van der Waals surface area contributed by atoms with Crippen molar-refractivity contribution in [1.29, 1.82) is 0 Å². The Morgan fingerprint density at radius 3 is 3.00 bits per heavy atom. The molecule has 4 aromatic rings. The summed E-state index contributed by atoms with van der Waals surface area (Å²) in [6, 6.07) is 10.1. The summed E-state index contributed by atoms with van der Waals surface area (Å²) < 4.78 is 7.61. The molecule has 0 saturated carbocycles. The summed E-state index contributed by atoms with van der Waals surface area (Å²) in [6.45, 7) is 5.20. The Labute approximate surface area is 154 Å². The third-order valence-electron chi connectivity index (χ3n) is 4.36. The first-order chi connectivity index (χ1) is 12.7. The number of carbonyl (C=O) groups is 1. The smallest absolute Gasteiger partial charge is 0.274 e. The average Bonchev–Trinajstić information content (AvgIpc) is 3.38. The largest absolute Gasteiger partial charge is 0.345 e. The molecular weight excluding hydrogens is 348 g/mol. The summed E-state index contributed by atoms with van der Waals surface area (Å²) in [7, 11) is 0. The van der Waals surface area contributed by atoms with Crippen LogP contribution in [0.3, 0.4) is 0 Å². The Hall–Kier alpha value is -2.93. The maximum Gasteiger partial charge on any atom is 0.274 e. The van der Waals surface area contributed by atoms with Crippen molar-refractivity contribution in [3.8, 4) is 11.6 Å². The number of hydrogen-bond acceptors (Lipinski definition) is 5. The lowest BCUT2D eigenvalue weighted by Crippen LogP contribution is -2.22. The van der Waals surface area contributed by atoms with Crippen LogP contribution in [0.5, 0.6) is 0 Å². The number of nitrogens with zero attached hydrogens (tertiary/aromatic N) is 3. The number of fused-ring (bicyclic) bond motifs is 1. The van der Waals surface area contributed by atoms with E-state index < -0.39 is 0 Å². The molecule has 0 aliphatic carbocycles. The third-order valence-corrected chi connectivity index (χ3v) is 5.04. The standard InChI is InChI=1S/C19H18N4O2S/c1-3-23-15-6-4-5-12(2)14(15)9-16(23)19-21-17(22-25-19)10-20-18(24)13-7-8-26-11-13/h4-9,11H,3,10H2,1-2H3,(H,20,24). The van der Waals surface area contributed by atoms with Gasteiger partial charge in [0.2, 0.25) is 0 Å². The van der Waals surface area contributed by atoms with Crippen LogP contribution >= 0.6 is 11.3 Å². The second-order valence-corrected chi connectivity index (χ2v) is 6.77. The third kappa shape index (κ3) is 2.90. The topological polar surface area (TPSA) is 73.0 Å². The Kier molecular flexibility index (Phi) is 4.30. The minimum atomic E-state index is -0.143. The van der Waals surface area contributed by atoms with E-state index in [-0.39, 0.29) is 12.5 Å². The number of aromatic nitrogens is 3. The molecule has 26 heavy (non-hydrogen) atoms. The van der Waals surface area contributed by atoms with Crippen LogP contribution in [0.25, 0.3) is 22.5 Å². The molecule has 0 aliphatic heterocycles. The van der Waals surface area contributed by atoms with Crippen molar-refractivity contribution in [3.05, 3.63) is 58.0 Å². The lowest BCUT2D eigenvalue weighted by molar-refractivity contribution is 0.0950. The van der Waals surface area contributed by atoms with Crippen LogP contribution in [0.1, 0.15) is 28.7 Å². The van der Waals surface area contributed by atoms with Gasteiger partial charge in [0.15, 0.2) is 5.82 Å². The number of hydrogen-bond donors (Lipinski definition) is 1. The molecule has 0 bridgehead atoms. The first-order valence-corrected chi connectivity index (χ1v) is 9.34. The van der Waals surface area contributed by atoms with Gasteiger partial charge in [0.05, 0.1) is 6.54 Å². The molecule has 0 unspecified atom stereocenters. The lowest BCUT2D eigenvalue weighted by Gasteiger charge is -2.04. The van der Waals surface area contributed by atoms with Crippen LogP contribution in [0.4, 0.5) is 0 Å². The minimum absolute atomic E-state index is 0.143. The summed E-state index contributed by atoms with van der Waals surface area (Å²) in [5, 5.41) is 11.7. The van der Waals surface area contributed by atoms with Crippen LogP contribution in [-0.2, 0) is 13.1 Å². The lowest BCUT2D eigenvalue weighted by atomic mass is 10.1. The molecule has 7 heteroatoms. The first kappa shape index (κ1) is 16.5. The molecular formula is C19H18N4O2S. The molecule has 4 rings (SSSR count). The number of amides is 1. The molecule has 0 atom stereocenters. The molecule has 3 aromatic heterocycles. The van der Waals surface area contributed by atoms with Crippen molar-refractivity contribution in [2.24, 2.45) is 0 Å². The molecule has 1 amide bonds. The van der Waals surface area contributed by atoms with Gasteiger partial charge in [-0.1, -0.05) is 17.3 Å². The molecule has 0 radical (unpaired) electrons. The van der Waals surface area contributed by atoms with Gasteiger partial charge < -0.3 is 14.4 Å². The highest BCUT2D eigenvalue weighted by atomic mass is 32.1. The van der Waals surface area contributed by atoms with Gasteiger partial charge in [0.25, 0.3) is 11.8 Å². The van der Waals surface area contributed by atoms with Gasteiger partial charge in [0, 0.05) is 28.4 Å². The molecule has 1 aromatic carbocycles. The maximum absolute atomic E-state index is 12.0. The minimum Gasteiger partial charge on any atom is -0.345 e. The first-order valence-electron chi connectivity index (χ1n) is 8.39. The van der Waals surface area contributed by atoms with E-state index in [4.69, 9.17) is 4.52 Å². The monoisotopic (exact) mass is 366 g/mol. The van der Waals surface area contributed by atoms with Crippen LogP contribution in [0.15, 0.2) is 45.6 Å². The van der Waals surface area contributed by atoms with Crippen LogP contribution in [-0.4, -0.2) is 20.6 Å². The fraction of sp³-hybridized carbons (Fsp3) is 0.211. The Morgan fingerprint density at radius 1 is 1.35 bits per heavy atom. The van der Waals surface area contributed by atoms with Gasteiger partial charge in [-0.3, -0.25) is 4.79 Å². The molecule has 3 heterocycles. The van der Waals surface area contributed by atoms with Gasteiger partial charge in [-0.25, -0.2) is 0 Å². The zero-order chi connectivity index (χ0) is 18.1. The van der Waals surface area contributed by atoms with Gasteiger partial charge in [-0.2, -0.15) is 16.3 Å². The highest BCUT2D eigenvalue weighted by Gasteiger charge is 2.17. The van der Waals surface area contributed by atoms with E-state index in [0.29, 0.717) is 17.3 Å². The molecule has 0 fully saturated rings. The summed E-state index contributed by atoms with van der Waals surface area (Å²) in [5.74, 6) is 0.770. The number of benzene rings is 1. The highest BCUT2D eigenvalue weighted by Crippen LogP contribution is 2.29. The SMILES string of the molecule is CCn1c(-c2nc(CNC(=O)c3ccsc3)no2)cc2c(C)cccc21. The fourth-order valence-electron chi connectivity index (χ4n) is 3.04. The van der Waals surface area contributed by atoms with Crippen molar-refractivity contribution in [1.82, 2.24) is 20.0 Å². The van der Waals surface area contributed by atoms with E-state index in [1.54, 1.807) is 11.4 Å². The summed E-state index contributed by atoms with van der Waals surface area (Å²) >= 11 is 1.48. The van der Waals surface area contributed by atoms with Crippen molar-refractivity contribution >= 4 is 28.1 Å². The number of carbonyl (C=O) groups excluding carboxylic acids is 1. The fourth-order valence-corrected chi connectivity index (χ4v) is 3.67. The van der Waals surface area contributed by atoms with Crippen LogP contribution in [0.2, 0.25) is 0 Å². The Balaban J connectivity index is 1.59. The predicted molar refractivity (Wildman–Crippen MR) is 101 cm³/mol.